The van der Waals surface area contributed by atoms with E-state index >= 15 is 0 Å². The second-order valence-corrected chi connectivity index (χ2v) is 5.41. The first kappa shape index (κ1) is 16.9. The van der Waals surface area contributed by atoms with Crippen molar-refractivity contribution < 1.29 is 19.0 Å². The molecule has 1 heterocycles. The van der Waals surface area contributed by atoms with E-state index in [1.807, 2.05) is 12.1 Å². The normalized spacial score (nSPS) is 12.0. The van der Waals surface area contributed by atoms with E-state index in [0.29, 0.717) is 28.2 Å². The van der Waals surface area contributed by atoms with E-state index in [1.165, 1.54) is 18.5 Å². The van der Waals surface area contributed by atoms with Crippen LogP contribution < -0.4 is 14.8 Å². The Morgan fingerprint density at radius 1 is 1.16 bits per heavy atom. The minimum atomic E-state index is -0.753. The third-order valence-corrected chi connectivity index (χ3v) is 3.59. The molecule has 0 amide bonds. The number of nitrogens with zero attached hydrogens (tertiary/aromatic N) is 2. The van der Waals surface area contributed by atoms with Crippen LogP contribution in [0.1, 0.15) is 0 Å². The second kappa shape index (κ2) is 7.76. The topological polar surface area (TPSA) is 76.5 Å². The van der Waals surface area contributed by atoms with Gasteiger partial charge >= 0.3 is 0 Å². The van der Waals surface area contributed by atoms with Crippen LogP contribution in [0.15, 0.2) is 48.8 Å². The quantitative estimate of drug-likeness (QED) is 0.687. The molecule has 0 unspecified atom stereocenters. The summed E-state index contributed by atoms with van der Waals surface area (Å²) in [6.07, 6.45) is 0.597. The Bertz CT molecular complexity index is 860. The van der Waals surface area contributed by atoms with E-state index in [1.54, 1.807) is 25.3 Å². The van der Waals surface area contributed by atoms with Gasteiger partial charge in [0.25, 0.3) is 0 Å². The van der Waals surface area contributed by atoms with Gasteiger partial charge in [-0.1, -0.05) is 6.07 Å². The summed E-state index contributed by atoms with van der Waals surface area (Å²) in [5.41, 5.74) is 0.500. The van der Waals surface area contributed by atoms with Gasteiger partial charge in [0.15, 0.2) is 0 Å². The summed E-state index contributed by atoms with van der Waals surface area (Å²) in [6.45, 7) is 0.339. The van der Waals surface area contributed by atoms with Crippen molar-refractivity contribution in [3.05, 3.63) is 54.6 Å². The van der Waals surface area contributed by atoms with Crippen molar-refractivity contribution in [3.8, 4) is 11.5 Å². The SMILES string of the molecule is COc1cccc(OC[C@H](O)CNc2ncnc3cc(F)ccc23)c1. The first-order chi connectivity index (χ1) is 12.2. The maximum atomic E-state index is 13.3. The summed E-state index contributed by atoms with van der Waals surface area (Å²) >= 11 is 0. The van der Waals surface area contributed by atoms with E-state index in [4.69, 9.17) is 9.47 Å². The number of nitrogens with one attached hydrogen (secondary N) is 1. The van der Waals surface area contributed by atoms with E-state index < -0.39 is 6.10 Å². The molecule has 2 N–H and O–H groups in total. The zero-order valence-electron chi connectivity index (χ0n) is 13.6. The summed E-state index contributed by atoms with van der Waals surface area (Å²) in [7, 11) is 1.58. The average molecular weight is 343 g/mol. The summed E-state index contributed by atoms with van der Waals surface area (Å²) in [5, 5.41) is 13.8. The Hall–Kier alpha value is -2.93. The Kier molecular flexibility index (Phi) is 5.25. The smallest absolute Gasteiger partial charge is 0.137 e. The highest BCUT2D eigenvalue weighted by Gasteiger charge is 2.09. The second-order valence-electron chi connectivity index (χ2n) is 5.41. The number of aliphatic hydroxyl groups excluding tert-OH is 1. The highest BCUT2D eigenvalue weighted by molar-refractivity contribution is 5.88. The van der Waals surface area contributed by atoms with Crippen molar-refractivity contribution in [1.29, 1.82) is 0 Å². The van der Waals surface area contributed by atoms with Crippen LogP contribution in [0.25, 0.3) is 10.9 Å². The number of aromatic nitrogens is 2. The summed E-state index contributed by atoms with van der Waals surface area (Å²) in [6, 6.07) is 11.4. The monoisotopic (exact) mass is 343 g/mol. The van der Waals surface area contributed by atoms with Gasteiger partial charge in [0.05, 0.1) is 12.6 Å². The van der Waals surface area contributed by atoms with Gasteiger partial charge in [-0.05, 0) is 24.3 Å². The Labute approximate surface area is 144 Å². The van der Waals surface area contributed by atoms with E-state index in [0.717, 1.165) is 0 Å². The molecule has 0 spiro atoms. The van der Waals surface area contributed by atoms with Crippen LogP contribution in [0.2, 0.25) is 0 Å². The molecule has 7 heteroatoms. The third kappa shape index (κ3) is 4.33. The number of fused-ring (bicyclic) bond motifs is 1. The first-order valence-corrected chi connectivity index (χ1v) is 7.75. The van der Waals surface area contributed by atoms with E-state index in [9.17, 15) is 9.50 Å². The molecule has 0 aliphatic carbocycles. The molecule has 0 radical (unpaired) electrons. The van der Waals surface area contributed by atoms with E-state index in [-0.39, 0.29) is 19.0 Å². The van der Waals surface area contributed by atoms with Gasteiger partial charge in [0.2, 0.25) is 0 Å². The van der Waals surface area contributed by atoms with Gasteiger partial charge in [-0.25, -0.2) is 14.4 Å². The highest BCUT2D eigenvalue weighted by atomic mass is 19.1. The molecule has 1 aromatic heterocycles. The zero-order valence-corrected chi connectivity index (χ0v) is 13.6. The molecule has 0 bridgehead atoms. The third-order valence-electron chi connectivity index (χ3n) is 3.59. The molecule has 25 heavy (non-hydrogen) atoms. The lowest BCUT2D eigenvalue weighted by Crippen LogP contribution is -2.26. The maximum Gasteiger partial charge on any atom is 0.137 e. The van der Waals surface area contributed by atoms with Gasteiger partial charge in [-0.15, -0.1) is 0 Å². The van der Waals surface area contributed by atoms with Crippen LogP contribution in [0.3, 0.4) is 0 Å². The molecular formula is C18H18FN3O3. The fourth-order valence-electron chi connectivity index (χ4n) is 2.33. The standard InChI is InChI=1S/C18H18FN3O3/c1-24-14-3-2-4-15(8-14)25-10-13(23)9-20-18-16-6-5-12(19)7-17(16)21-11-22-18/h2-8,11,13,23H,9-10H2,1H3,(H,20,21,22)/t13-/m1/s1. The van der Waals surface area contributed by atoms with Crippen LogP contribution >= 0.6 is 0 Å². The number of rotatable bonds is 7. The lowest BCUT2D eigenvalue weighted by molar-refractivity contribution is 0.117. The predicted octanol–water partition coefficient (Wildman–Crippen LogP) is 2.63. The van der Waals surface area contributed by atoms with Crippen molar-refractivity contribution in [2.45, 2.75) is 6.10 Å². The van der Waals surface area contributed by atoms with Crippen molar-refractivity contribution in [1.82, 2.24) is 9.97 Å². The van der Waals surface area contributed by atoms with Gasteiger partial charge in [-0.3, -0.25) is 0 Å². The molecule has 6 nitrogen and oxygen atoms in total. The number of ether oxygens (including phenoxy) is 2. The molecule has 0 saturated carbocycles. The Balaban J connectivity index is 1.58. The van der Waals surface area contributed by atoms with Gasteiger partial charge in [-0.2, -0.15) is 0 Å². The van der Waals surface area contributed by atoms with Crippen LogP contribution in [0, 0.1) is 5.82 Å². The van der Waals surface area contributed by atoms with Gasteiger partial charge < -0.3 is 19.9 Å². The average Bonchev–Trinajstić information content (AvgIpc) is 2.64. The minimum absolute atomic E-state index is 0.109. The molecule has 0 fully saturated rings. The number of methoxy groups -OCH3 is 1. The van der Waals surface area contributed by atoms with Crippen molar-refractivity contribution in [2.24, 2.45) is 0 Å². The molecule has 3 rings (SSSR count). The largest absolute Gasteiger partial charge is 0.497 e. The number of benzene rings is 2. The summed E-state index contributed by atoms with van der Waals surface area (Å²) in [5.74, 6) is 1.47. The minimum Gasteiger partial charge on any atom is -0.497 e. The first-order valence-electron chi connectivity index (χ1n) is 7.75. The molecule has 0 aliphatic rings. The Morgan fingerprint density at radius 2 is 2.00 bits per heavy atom. The molecular weight excluding hydrogens is 325 g/mol. The molecule has 0 saturated heterocycles. The number of aliphatic hydroxyl groups is 1. The van der Waals surface area contributed by atoms with Crippen molar-refractivity contribution >= 4 is 16.7 Å². The van der Waals surface area contributed by atoms with E-state index in [2.05, 4.69) is 15.3 Å². The van der Waals surface area contributed by atoms with Crippen molar-refractivity contribution in [3.63, 3.8) is 0 Å². The fraction of sp³-hybridized carbons (Fsp3) is 0.222. The number of halogens is 1. The van der Waals surface area contributed by atoms with Crippen LogP contribution in [0.5, 0.6) is 11.5 Å². The molecule has 3 aromatic rings. The number of anilines is 1. The molecule has 2 aromatic carbocycles. The number of hydrogen-bond donors (Lipinski definition) is 2. The molecule has 0 aliphatic heterocycles. The predicted molar refractivity (Wildman–Crippen MR) is 92.5 cm³/mol. The molecule has 130 valence electrons. The van der Waals surface area contributed by atoms with Crippen LogP contribution in [-0.4, -0.2) is 41.4 Å². The summed E-state index contributed by atoms with van der Waals surface area (Å²) in [4.78, 5) is 8.17. The fourth-order valence-corrected chi connectivity index (χ4v) is 2.33. The lowest BCUT2D eigenvalue weighted by Gasteiger charge is -2.14. The van der Waals surface area contributed by atoms with Gasteiger partial charge in [0.1, 0.15) is 42.2 Å². The van der Waals surface area contributed by atoms with Gasteiger partial charge in [0, 0.05) is 24.1 Å². The zero-order chi connectivity index (χ0) is 17.6. The van der Waals surface area contributed by atoms with Crippen LogP contribution in [0.4, 0.5) is 10.2 Å². The van der Waals surface area contributed by atoms with Crippen molar-refractivity contribution in [2.75, 3.05) is 25.6 Å². The summed E-state index contributed by atoms with van der Waals surface area (Å²) < 4.78 is 23.9. The Morgan fingerprint density at radius 3 is 2.84 bits per heavy atom. The maximum absolute atomic E-state index is 13.3. The molecule has 1 atom stereocenters. The van der Waals surface area contributed by atoms with Crippen LogP contribution in [-0.2, 0) is 0 Å². The lowest BCUT2D eigenvalue weighted by atomic mass is 10.2. The highest BCUT2D eigenvalue weighted by Crippen LogP contribution is 2.20. The number of hydrogen-bond acceptors (Lipinski definition) is 6.